The van der Waals surface area contributed by atoms with Crippen molar-refractivity contribution in [2.75, 3.05) is 5.32 Å². The van der Waals surface area contributed by atoms with Crippen molar-refractivity contribution in [3.63, 3.8) is 0 Å². The van der Waals surface area contributed by atoms with Crippen LogP contribution >= 0.6 is 38.9 Å². The fraction of sp³-hybridized carbons (Fsp3) is 0.111. The smallest absolute Gasteiger partial charge is 0.222 e. The zero-order valence-electron chi connectivity index (χ0n) is 7.58. The molecule has 6 heteroatoms. The summed E-state index contributed by atoms with van der Waals surface area (Å²) in [5.41, 5.74) is 0. The van der Waals surface area contributed by atoms with Crippen LogP contribution in [0, 0.1) is 0 Å². The third-order valence-electron chi connectivity index (χ3n) is 1.67. The van der Waals surface area contributed by atoms with E-state index in [1.807, 2.05) is 6.07 Å². The lowest BCUT2D eigenvalue weighted by Gasteiger charge is -2.01. The van der Waals surface area contributed by atoms with Gasteiger partial charge in [0, 0.05) is 4.88 Å². The third-order valence-corrected chi connectivity index (χ3v) is 3.49. The largest absolute Gasteiger partial charge is 0.349 e. The number of nitrogens with one attached hydrogen (secondary N) is 1. The summed E-state index contributed by atoms with van der Waals surface area (Å²) in [6, 6.07) is 4.07. The van der Waals surface area contributed by atoms with Crippen molar-refractivity contribution in [1.82, 2.24) is 9.97 Å². The van der Waals surface area contributed by atoms with Crippen molar-refractivity contribution in [3.8, 4) is 0 Å². The second-order valence-corrected chi connectivity index (χ2v) is 5.77. The highest BCUT2D eigenvalue weighted by Crippen LogP contribution is 2.22. The number of nitrogens with zero attached hydrogens (tertiary/aromatic N) is 2. The number of aromatic nitrogens is 2. The first-order chi connectivity index (χ1) is 7.24. The molecule has 78 valence electrons. The lowest BCUT2D eigenvalue weighted by atomic mass is 10.5. The summed E-state index contributed by atoms with van der Waals surface area (Å²) < 4.78 is 1.12. The lowest BCUT2D eigenvalue weighted by molar-refractivity contribution is 1.07. The van der Waals surface area contributed by atoms with Crippen molar-refractivity contribution in [2.45, 2.75) is 6.54 Å². The predicted molar refractivity (Wildman–Crippen MR) is 66.4 cm³/mol. The summed E-state index contributed by atoms with van der Waals surface area (Å²) in [5, 5.41) is 3.65. The maximum atomic E-state index is 5.68. The summed E-state index contributed by atoms with van der Waals surface area (Å²) in [7, 11) is 0. The first-order valence-electron chi connectivity index (χ1n) is 4.19. The molecule has 0 aliphatic heterocycles. The van der Waals surface area contributed by atoms with Crippen molar-refractivity contribution in [1.29, 1.82) is 0 Å². The molecule has 3 nitrogen and oxygen atoms in total. The number of rotatable bonds is 3. The average Bonchev–Trinajstić information content (AvgIpc) is 2.64. The van der Waals surface area contributed by atoms with Crippen LogP contribution < -0.4 is 5.32 Å². The number of anilines is 1. The zero-order chi connectivity index (χ0) is 10.7. The first-order valence-corrected chi connectivity index (χ1v) is 6.18. The van der Waals surface area contributed by atoms with Gasteiger partial charge in [0.2, 0.25) is 5.95 Å². The number of halogens is 2. The number of hydrogen-bond acceptors (Lipinski definition) is 4. The van der Waals surface area contributed by atoms with Gasteiger partial charge in [0.15, 0.2) is 0 Å². The predicted octanol–water partition coefficient (Wildman–Crippen LogP) is 3.57. The monoisotopic (exact) mass is 303 g/mol. The van der Waals surface area contributed by atoms with Gasteiger partial charge in [-0.15, -0.1) is 11.3 Å². The maximum absolute atomic E-state index is 5.68. The van der Waals surface area contributed by atoms with E-state index in [2.05, 4.69) is 37.3 Å². The van der Waals surface area contributed by atoms with Crippen LogP contribution in [0.15, 0.2) is 28.3 Å². The normalized spacial score (nSPS) is 10.3. The van der Waals surface area contributed by atoms with Crippen LogP contribution in [-0.4, -0.2) is 9.97 Å². The fourth-order valence-electron chi connectivity index (χ4n) is 1.02. The molecule has 0 atom stereocenters. The summed E-state index contributed by atoms with van der Waals surface area (Å²) in [6.45, 7) is 0.720. The Kier molecular flexibility index (Phi) is 3.56. The van der Waals surface area contributed by atoms with E-state index in [1.165, 1.54) is 4.88 Å². The summed E-state index contributed by atoms with van der Waals surface area (Å²) in [6.07, 6.45) is 3.14. The summed E-state index contributed by atoms with van der Waals surface area (Å²) in [5.74, 6) is 0.587. The molecule has 15 heavy (non-hydrogen) atoms. The van der Waals surface area contributed by atoms with E-state index in [1.54, 1.807) is 23.7 Å². The highest BCUT2D eigenvalue weighted by molar-refractivity contribution is 9.11. The minimum atomic E-state index is 0.541. The van der Waals surface area contributed by atoms with Crippen LogP contribution in [0.5, 0.6) is 0 Å². The Balaban J connectivity index is 1.96. The van der Waals surface area contributed by atoms with Gasteiger partial charge in [-0.1, -0.05) is 11.6 Å². The molecule has 1 N–H and O–H groups in total. The van der Waals surface area contributed by atoms with Gasteiger partial charge in [0.25, 0.3) is 0 Å². The van der Waals surface area contributed by atoms with Crippen LogP contribution in [0.1, 0.15) is 4.88 Å². The highest BCUT2D eigenvalue weighted by atomic mass is 79.9. The minimum Gasteiger partial charge on any atom is -0.349 e. The summed E-state index contributed by atoms with van der Waals surface area (Å²) >= 11 is 10.8. The number of thiophene rings is 1. The Bertz CT molecular complexity index is 443. The van der Waals surface area contributed by atoms with Gasteiger partial charge in [-0.2, -0.15) is 0 Å². The van der Waals surface area contributed by atoms with Crippen molar-refractivity contribution < 1.29 is 0 Å². The SMILES string of the molecule is Clc1cnc(NCc2ccc(Br)s2)nc1. The molecule has 0 saturated heterocycles. The van der Waals surface area contributed by atoms with Gasteiger partial charge in [-0.05, 0) is 28.1 Å². The van der Waals surface area contributed by atoms with Crippen LogP contribution in [-0.2, 0) is 6.54 Å². The molecule has 2 rings (SSSR count). The molecule has 0 bridgehead atoms. The van der Waals surface area contributed by atoms with Crippen LogP contribution in [0.4, 0.5) is 5.95 Å². The molecule has 0 aliphatic rings. The van der Waals surface area contributed by atoms with Gasteiger partial charge in [-0.25, -0.2) is 9.97 Å². The van der Waals surface area contributed by atoms with Gasteiger partial charge >= 0.3 is 0 Å². The van der Waals surface area contributed by atoms with E-state index in [-0.39, 0.29) is 0 Å². The van der Waals surface area contributed by atoms with Crippen LogP contribution in [0.2, 0.25) is 5.02 Å². The van der Waals surface area contributed by atoms with E-state index >= 15 is 0 Å². The van der Waals surface area contributed by atoms with E-state index < -0.39 is 0 Å². The molecule has 2 aromatic rings. The highest BCUT2D eigenvalue weighted by Gasteiger charge is 1.99. The Morgan fingerprint density at radius 1 is 1.33 bits per heavy atom. The topological polar surface area (TPSA) is 37.8 Å². The summed E-state index contributed by atoms with van der Waals surface area (Å²) in [4.78, 5) is 9.30. The van der Waals surface area contributed by atoms with Gasteiger partial charge < -0.3 is 5.32 Å². The van der Waals surface area contributed by atoms with Crippen LogP contribution in [0.25, 0.3) is 0 Å². The Morgan fingerprint density at radius 3 is 2.67 bits per heavy atom. The fourth-order valence-corrected chi connectivity index (χ4v) is 2.54. The Morgan fingerprint density at radius 2 is 2.07 bits per heavy atom. The molecule has 0 amide bonds. The minimum absolute atomic E-state index is 0.541. The second kappa shape index (κ2) is 4.92. The van der Waals surface area contributed by atoms with E-state index in [9.17, 15) is 0 Å². The standard InChI is InChI=1S/C9H7BrClN3S/c10-8-2-1-7(15-8)5-14-9-12-3-6(11)4-13-9/h1-4H,5H2,(H,12,13,14). The molecule has 2 heterocycles. The lowest BCUT2D eigenvalue weighted by Crippen LogP contribution is -2.01. The van der Waals surface area contributed by atoms with E-state index in [4.69, 9.17) is 11.6 Å². The van der Waals surface area contributed by atoms with Crippen molar-refractivity contribution in [2.24, 2.45) is 0 Å². The molecule has 0 aromatic carbocycles. The average molecular weight is 305 g/mol. The molecular weight excluding hydrogens is 298 g/mol. The number of hydrogen-bond donors (Lipinski definition) is 1. The van der Waals surface area contributed by atoms with E-state index in [0.29, 0.717) is 11.0 Å². The molecule has 0 radical (unpaired) electrons. The molecule has 0 aliphatic carbocycles. The Hall–Kier alpha value is -0.650. The second-order valence-electron chi connectivity index (χ2n) is 2.78. The zero-order valence-corrected chi connectivity index (χ0v) is 10.7. The molecule has 0 unspecified atom stereocenters. The quantitative estimate of drug-likeness (QED) is 0.942. The van der Waals surface area contributed by atoms with Crippen LogP contribution in [0.3, 0.4) is 0 Å². The molecule has 0 spiro atoms. The van der Waals surface area contributed by atoms with E-state index in [0.717, 1.165) is 10.3 Å². The molecule has 2 aromatic heterocycles. The first kappa shape index (κ1) is 10.9. The molecule has 0 fully saturated rings. The molecule has 0 saturated carbocycles. The van der Waals surface area contributed by atoms with Gasteiger partial charge in [-0.3, -0.25) is 0 Å². The van der Waals surface area contributed by atoms with Gasteiger partial charge in [0.05, 0.1) is 27.7 Å². The van der Waals surface area contributed by atoms with Crippen molar-refractivity contribution in [3.05, 3.63) is 38.2 Å². The van der Waals surface area contributed by atoms with Crippen molar-refractivity contribution >= 4 is 44.8 Å². The molecular formula is C9H7BrClN3S. The Labute approximate surface area is 105 Å². The maximum Gasteiger partial charge on any atom is 0.222 e. The third kappa shape index (κ3) is 3.15. The van der Waals surface area contributed by atoms with Gasteiger partial charge in [0.1, 0.15) is 0 Å².